The average molecular weight is 268 g/mol. The van der Waals surface area contributed by atoms with Gasteiger partial charge in [-0.05, 0) is 19.4 Å². The third-order valence-electron chi connectivity index (χ3n) is 3.27. The van der Waals surface area contributed by atoms with Gasteiger partial charge in [0.15, 0.2) is 0 Å². The van der Waals surface area contributed by atoms with Gasteiger partial charge in [0.2, 0.25) is 5.13 Å². The van der Waals surface area contributed by atoms with Gasteiger partial charge in [-0.3, -0.25) is 0 Å². The van der Waals surface area contributed by atoms with Crippen LogP contribution >= 0.6 is 11.5 Å². The second-order valence-corrected chi connectivity index (χ2v) is 6.72. The van der Waals surface area contributed by atoms with Gasteiger partial charge in [0, 0.05) is 36.1 Å². The Bertz CT molecular complexity index is 377. The highest BCUT2D eigenvalue weighted by molar-refractivity contribution is 7.09. The second kappa shape index (κ2) is 5.53. The first kappa shape index (κ1) is 13.7. The van der Waals surface area contributed by atoms with Crippen LogP contribution in [0.1, 0.15) is 46.4 Å². The Morgan fingerprint density at radius 2 is 2.22 bits per heavy atom. The lowest BCUT2D eigenvalue weighted by Crippen LogP contribution is -2.37. The Balaban J connectivity index is 2.17. The van der Waals surface area contributed by atoms with Gasteiger partial charge in [-0.15, -0.1) is 0 Å². The molecule has 2 heterocycles. The summed E-state index contributed by atoms with van der Waals surface area (Å²) in [6, 6.07) is 0.589. The van der Waals surface area contributed by atoms with Crippen LogP contribution in [0.2, 0.25) is 0 Å². The molecule has 0 amide bonds. The van der Waals surface area contributed by atoms with Crippen molar-refractivity contribution in [2.75, 3.05) is 24.5 Å². The number of hydrogen-bond acceptors (Lipinski definition) is 5. The quantitative estimate of drug-likeness (QED) is 0.910. The van der Waals surface area contributed by atoms with Crippen LogP contribution in [-0.2, 0) is 5.41 Å². The fourth-order valence-corrected chi connectivity index (χ4v) is 3.17. The second-order valence-electron chi connectivity index (χ2n) is 5.99. The zero-order chi connectivity index (χ0) is 13.2. The molecule has 1 aromatic heterocycles. The van der Waals surface area contributed by atoms with Gasteiger partial charge >= 0.3 is 0 Å². The molecule has 1 unspecified atom stereocenters. The molecular weight excluding hydrogens is 244 g/mol. The first-order valence-electron chi connectivity index (χ1n) is 6.84. The van der Waals surface area contributed by atoms with Crippen molar-refractivity contribution in [3.63, 3.8) is 0 Å². The van der Waals surface area contributed by atoms with E-state index in [4.69, 9.17) is 4.98 Å². The van der Waals surface area contributed by atoms with Crippen LogP contribution in [0.3, 0.4) is 0 Å². The predicted molar refractivity (Wildman–Crippen MR) is 77.5 cm³/mol. The van der Waals surface area contributed by atoms with Gasteiger partial charge in [-0.25, -0.2) is 4.98 Å². The summed E-state index contributed by atoms with van der Waals surface area (Å²) in [6.07, 6.45) is 2.37. The Hall–Kier alpha value is -0.680. The van der Waals surface area contributed by atoms with Gasteiger partial charge in [0.05, 0.1) is 0 Å². The SMILES string of the molecule is CCCN(c1nc(C(C)(C)C)ns1)C1CCNC1. The van der Waals surface area contributed by atoms with Crippen molar-refractivity contribution in [3.8, 4) is 0 Å². The molecule has 0 saturated carbocycles. The number of rotatable bonds is 4. The fourth-order valence-electron chi connectivity index (χ4n) is 2.22. The zero-order valence-corrected chi connectivity index (χ0v) is 12.7. The van der Waals surface area contributed by atoms with E-state index in [-0.39, 0.29) is 5.41 Å². The molecule has 2 rings (SSSR count). The largest absolute Gasteiger partial charge is 0.343 e. The van der Waals surface area contributed by atoms with Crippen molar-refractivity contribution in [1.29, 1.82) is 0 Å². The van der Waals surface area contributed by atoms with Gasteiger partial charge < -0.3 is 10.2 Å². The molecule has 102 valence electrons. The van der Waals surface area contributed by atoms with E-state index in [9.17, 15) is 0 Å². The number of hydrogen-bond donors (Lipinski definition) is 1. The summed E-state index contributed by atoms with van der Waals surface area (Å²) in [7, 11) is 0. The van der Waals surface area contributed by atoms with Crippen molar-refractivity contribution in [2.24, 2.45) is 0 Å². The Kier molecular flexibility index (Phi) is 4.22. The molecule has 5 heteroatoms. The Morgan fingerprint density at radius 1 is 1.44 bits per heavy atom. The zero-order valence-electron chi connectivity index (χ0n) is 11.9. The minimum absolute atomic E-state index is 0.0422. The smallest absolute Gasteiger partial charge is 0.205 e. The first-order chi connectivity index (χ1) is 8.52. The van der Waals surface area contributed by atoms with Crippen molar-refractivity contribution in [1.82, 2.24) is 14.7 Å². The van der Waals surface area contributed by atoms with Crippen molar-refractivity contribution >= 4 is 16.7 Å². The number of anilines is 1. The van der Waals surface area contributed by atoms with E-state index in [2.05, 4.69) is 42.3 Å². The molecule has 1 N–H and O–H groups in total. The van der Waals surface area contributed by atoms with E-state index in [1.54, 1.807) is 11.5 Å². The lowest BCUT2D eigenvalue weighted by molar-refractivity contribution is 0.551. The number of nitrogens with zero attached hydrogens (tertiary/aromatic N) is 3. The van der Waals surface area contributed by atoms with Gasteiger partial charge in [-0.2, -0.15) is 4.37 Å². The van der Waals surface area contributed by atoms with E-state index >= 15 is 0 Å². The summed E-state index contributed by atoms with van der Waals surface area (Å²) in [6.45, 7) is 12.0. The molecule has 0 bridgehead atoms. The topological polar surface area (TPSA) is 41.1 Å². The number of aromatic nitrogens is 2. The van der Waals surface area contributed by atoms with Gasteiger partial charge in [-0.1, -0.05) is 27.7 Å². The summed E-state index contributed by atoms with van der Waals surface area (Å²) in [5.41, 5.74) is 0.0422. The van der Waals surface area contributed by atoms with Crippen LogP contribution in [-0.4, -0.2) is 35.0 Å². The molecule has 0 aliphatic carbocycles. The Labute approximate surface area is 114 Å². The lowest BCUT2D eigenvalue weighted by atomic mass is 9.96. The maximum absolute atomic E-state index is 4.75. The van der Waals surface area contributed by atoms with Crippen LogP contribution in [0, 0.1) is 0 Å². The standard InChI is InChI=1S/C13H24N4S/c1-5-8-17(10-6-7-14-9-10)12-15-11(16-18-12)13(2,3)4/h10,14H,5-9H2,1-4H3. The predicted octanol–water partition coefficient (Wildman–Crippen LogP) is 2.41. The lowest BCUT2D eigenvalue weighted by Gasteiger charge is -2.27. The van der Waals surface area contributed by atoms with E-state index in [1.807, 2.05) is 0 Å². The molecule has 0 radical (unpaired) electrons. The molecule has 1 atom stereocenters. The normalized spacial score (nSPS) is 20.3. The van der Waals surface area contributed by atoms with Crippen LogP contribution in [0.5, 0.6) is 0 Å². The molecule has 4 nitrogen and oxygen atoms in total. The van der Waals surface area contributed by atoms with E-state index < -0.39 is 0 Å². The molecule has 1 saturated heterocycles. The fraction of sp³-hybridized carbons (Fsp3) is 0.846. The minimum Gasteiger partial charge on any atom is -0.343 e. The Morgan fingerprint density at radius 3 is 2.72 bits per heavy atom. The highest BCUT2D eigenvalue weighted by Gasteiger charge is 2.26. The molecule has 0 spiro atoms. The summed E-state index contributed by atoms with van der Waals surface area (Å²) in [5, 5.41) is 4.53. The first-order valence-corrected chi connectivity index (χ1v) is 7.61. The summed E-state index contributed by atoms with van der Waals surface area (Å²) in [5.74, 6) is 0.967. The van der Waals surface area contributed by atoms with Crippen LogP contribution in [0.25, 0.3) is 0 Å². The third-order valence-corrected chi connectivity index (χ3v) is 4.02. The number of nitrogens with one attached hydrogen (secondary N) is 1. The van der Waals surface area contributed by atoms with E-state index in [0.717, 1.165) is 37.0 Å². The highest BCUT2D eigenvalue weighted by Crippen LogP contribution is 2.27. The van der Waals surface area contributed by atoms with Crippen LogP contribution < -0.4 is 10.2 Å². The summed E-state index contributed by atoms with van der Waals surface area (Å²) < 4.78 is 4.53. The maximum atomic E-state index is 4.75. The van der Waals surface area contributed by atoms with E-state index in [0.29, 0.717) is 6.04 Å². The summed E-state index contributed by atoms with van der Waals surface area (Å²) in [4.78, 5) is 7.19. The van der Waals surface area contributed by atoms with Gasteiger partial charge in [0.25, 0.3) is 0 Å². The van der Waals surface area contributed by atoms with E-state index in [1.165, 1.54) is 6.42 Å². The molecule has 1 aliphatic rings. The van der Waals surface area contributed by atoms with Crippen LogP contribution in [0.4, 0.5) is 5.13 Å². The van der Waals surface area contributed by atoms with Gasteiger partial charge in [0.1, 0.15) is 5.82 Å². The molecule has 1 fully saturated rings. The average Bonchev–Trinajstić information content (AvgIpc) is 2.96. The minimum atomic E-state index is 0.0422. The summed E-state index contributed by atoms with van der Waals surface area (Å²) >= 11 is 1.55. The maximum Gasteiger partial charge on any atom is 0.205 e. The molecule has 1 aliphatic heterocycles. The van der Waals surface area contributed by atoms with Crippen molar-refractivity contribution in [3.05, 3.63) is 5.82 Å². The molecular formula is C13H24N4S. The monoisotopic (exact) mass is 268 g/mol. The molecule has 1 aromatic rings. The van der Waals surface area contributed by atoms with Crippen molar-refractivity contribution < 1.29 is 0 Å². The molecule has 0 aromatic carbocycles. The molecule has 18 heavy (non-hydrogen) atoms. The van der Waals surface area contributed by atoms with Crippen molar-refractivity contribution in [2.45, 2.75) is 52.0 Å². The van der Waals surface area contributed by atoms with Crippen LogP contribution in [0.15, 0.2) is 0 Å². The highest BCUT2D eigenvalue weighted by atomic mass is 32.1. The third kappa shape index (κ3) is 3.01.